The van der Waals surface area contributed by atoms with Crippen molar-refractivity contribution in [3.8, 4) is 0 Å². The first-order chi connectivity index (χ1) is 8.56. The summed E-state index contributed by atoms with van der Waals surface area (Å²) in [4.78, 5) is 4.28. The molecule has 1 aromatic heterocycles. The van der Waals surface area contributed by atoms with Crippen molar-refractivity contribution in [3.63, 3.8) is 0 Å². The largest absolute Gasteiger partial charge is 0.312 e. The molecule has 1 aliphatic carbocycles. The van der Waals surface area contributed by atoms with Crippen LogP contribution in [0.15, 0.2) is 24.5 Å². The van der Waals surface area contributed by atoms with E-state index >= 15 is 0 Å². The Bertz CT molecular complexity index is 353. The standard InChI is InChI=1S/C16H26N2/c1-16(2,3)18-12-14-7-4-5-9-15(14)13-8-6-10-17-11-13/h6,8,10-11,14-15,18H,4-5,7,9,12H2,1-3H3. The monoisotopic (exact) mass is 246 g/mol. The van der Waals surface area contributed by atoms with E-state index in [1.54, 1.807) is 0 Å². The number of hydrogen-bond acceptors (Lipinski definition) is 2. The van der Waals surface area contributed by atoms with Crippen LogP contribution in [0.25, 0.3) is 0 Å². The Hall–Kier alpha value is -0.890. The van der Waals surface area contributed by atoms with Crippen LogP contribution >= 0.6 is 0 Å². The molecule has 0 radical (unpaired) electrons. The lowest BCUT2D eigenvalue weighted by molar-refractivity contribution is 0.269. The lowest BCUT2D eigenvalue weighted by Crippen LogP contribution is -2.41. The van der Waals surface area contributed by atoms with Crippen LogP contribution < -0.4 is 5.32 Å². The molecular formula is C16H26N2. The van der Waals surface area contributed by atoms with Crippen LogP contribution in [0.4, 0.5) is 0 Å². The topological polar surface area (TPSA) is 24.9 Å². The van der Waals surface area contributed by atoms with Gasteiger partial charge in [-0.3, -0.25) is 4.98 Å². The van der Waals surface area contributed by atoms with Crippen LogP contribution in [0.5, 0.6) is 0 Å². The lowest BCUT2D eigenvalue weighted by Gasteiger charge is -2.34. The highest BCUT2D eigenvalue weighted by atomic mass is 14.9. The van der Waals surface area contributed by atoms with Gasteiger partial charge in [-0.15, -0.1) is 0 Å². The molecule has 2 heteroatoms. The molecule has 0 aliphatic heterocycles. The molecule has 1 heterocycles. The van der Waals surface area contributed by atoms with Crippen LogP contribution in [-0.2, 0) is 0 Å². The van der Waals surface area contributed by atoms with Gasteiger partial charge in [-0.2, -0.15) is 0 Å². The maximum absolute atomic E-state index is 4.28. The van der Waals surface area contributed by atoms with Crippen molar-refractivity contribution < 1.29 is 0 Å². The summed E-state index contributed by atoms with van der Waals surface area (Å²) in [6.07, 6.45) is 9.35. The van der Waals surface area contributed by atoms with E-state index in [0.717, 1.165) is 12.5 Å². The van der Waals surface area contributed by atoms with Crippen molar-refractivity contribution in [2.75, 3.05) is 6.54 Å². The third-order valence-corrected chi connectivity index (χ3v) is 3.92. The van der Waals surface area contributed by atoms with E-state index < -0.39 is 0 Å². The average molecular weight is 246 g/mol. The summed E-state index contributed by atoms with van der Waals surface area (Å²) in [5.74, 6) is 1.46. The fraction of sp³-hybridized carbons (Fsp3) is 0.688. The van der Waals surface area contributed by atoms with Gasteiger partial charge in [0.1, 0.15) is 0 Å². The zero-order valence-electron chi connectivity index (χ0n) is 11.9. The minimum absolute atomic E-state index is 0.219. The Balaban J connectivity index is 2.02. The summed E-state index contributed by atoms with van der Waals surface area (Å²) in [5, 5.41) is 3.67. The molecule has 0 bridgehead atoms. The highest BCUT2D eigenvalue weighted by Crippen LogP contribution is 2.37. The van der Waals surface area contributed by atoms with Crippen LogP contribution in [0.2, 0.25) is 0 Å². The van der Waals surface area contributed by atoms with E-state index in [1.165, 1.54) is 31.2 Å². The molecule has 0 aromatic carbocycles. The summed E-state index contributed by atoms with van der Waals surface area (Å²) < 4.78 is 0. The van der Waals surface area contributed by atoms with Gasteiger partial charge >= 0.3 is 0 Å². The molecule has 1 fully saturated rings. The second-order valence-electron chi connectivity index (χ2n) is 6.57. The Morgan fingerprint density at radius 1 is 1.28 bits per heavy atom. The smallest absolute Gasteiger partial charge is 0.0302 e. The third kappa shape index (κ3) is 3.81. The zero-order chi connectivity index (χ0) is 13.0. The molecular weight excluding hydrogens is 220 g/mol. The van der Waals surface area contributed by atoms with E-state index in [2.05, 4.69) is 49.4 Å². The first kappa shape index (κ1) is 13.5. The summed E-state index contributed by atoms with van der Waals surface area (Å²) in [6, 6.07) is 4.31. The lowest BCUT2D eigenvalue weighted by atomic mass is 9.75. The summed E-state index contributed by atoms with van der Waals surface area (Å²) in [6.45, 7) is 7.86. The maximum atomic E-state index is 4.28. The molecule has 0 spiro atoms. The number of pyridine rings is 1. The first-order valence-corrected chi connectivity index (χ1v) is 7.21. The molecule has 0 saturated heterocycles. The van der Waals surface area contributed by atoms with Crippen molar-refractivity contribution in [3.05, 3.63) is 30.1 Å². The molecule has 0 amide bonds. The van der Waals surface area contributed by atoms with Crippen LogP contribution in [-0.4, -0.2) is 17.1 Å². The van der Waals surface area contributed by atoms with Crippen molar-refractivity contribution in [1.82, 2.24) is 10.3 Å². The van der Waals surface area contributed by atoms with Gasteiger partial charge < -0.3 is 5.32 Å². The molecule has 1 N–H and O–H groups in total. The Labute approximate surface area is 111 Å². The molecule has 2 unspecified atom stereocenters. The van der Waals surface area contributed by atoms with Gasteiger partial charge in [-0.1, -0.05) is 18.9 Å². The second-order valence-corrected chi connectivity index (χ2v) is 6.57. The normalized spacial score (nSPS) is 25.1. The number of rotatable bonds is 3. The van der Waals surface area contributed by atoms with Crippen molar-refractivity contribution >= 4 is 0 Å². The van der Waals surface area contributed by atoms with Crippen LogP contribution in [0, 0.1) is 5.92 Å². The van der Waals surface area contributed by atoms with Gasteiger partial charge in [0.15, 0.2) is 0 Å². The number of nitrogens with one attached hydrogen (secondary N) is 1. The number of nitrogens with zero attached hydrogens (tertiary/aromatic N) is 1. The maximum Gasteiger partial charge on any atom is 0.0302 e. The second kappa shape index (κ2) is 5.83. The fourth-order valence-electron chi connectivity index (χ4n) is 2.92. The van der Waals surface area contributed by atoms with Crippen LogP contribution in [0.3, 0.4) is 0 Å². The van der Waals surface area contributed by atoms with Gasteiger partial charge in [-0.25, -0.2) is 0 Å². The van der Waals surface area contributed by atoms with E-state index in [4.69, 9.17) is 0 Å². The molecule has 18 heavy (non-hydrogen) atoms. The molecule has 100 valence electrons. The molecule has 1 aromatic rings. The average Bonchev–Trinajstić information content (AvgIpc) is 2.37. The number of aromatic nitrogens is 1. The molecule has 2 nitrogen and oxygen atoms in total. The van der Waals surface area contributed by atoms with Crippen molar-refractivity contribution in [2.24, 2.45) is 5.92 Å². The van der Waals surface area contributed by atoms with E-state index in [-0.39, 0.29) is 5.54 Å². The van der Waals surface area contributed by atoms with Gasteiger partial charge in [0.2, 0.25) is 0 Å². The minimum Gasteiger partial charge on any atom is -0.312 e. The number of hydrogen-bond donors (Lipinski definition) is 1. The minimum atomic E-state index is 0.219. The van der Waals surface area contributed by atoms with E-state index in [0.29, 0.717) is 5.92 Å². The Morgan fingerprint density at radius 2 is 2.06 bits per heavy atom. The molecule has 2 atom stereocenters. The summed E-state index contributed by atoms with van der Waals surface area (Å²) in [7, 11) is 0. The predicted molar refractivity (Wildman–Crippen MR) is 76.7 cm³/mol. The van der Waals surface area contributed by atoms with Gasteiger partial charge in [0, 0.05) is 17.9 Å². The summed E-state index contributed by atoms with van der Waals surface area (Å²) in [5.41, 5.74) is 1.65. The third-order valence-electron chi connectivity index (χ3n) is 3.92. The van der Waals surface area contributed by atoms with E-state index in [9.17, 15) is 0 Å². The van der Waals surface area contributed by atoms with Crippen LogP contribution in [0.1, 0.15) is 57.9 Å². The molecule has 1 aliphatic rings. The van der Waals surface area contributed by atoms with Gasteiger partial charge in [-0.05, 0) is 63.6 Å². The van der Waals surface area contributed by atoms with E-state index in [1.807, 2.05) is 6.20 Å². The predicted octanol–water partition coefficient (Wildman–Crippen LogP) is 3.74. The quantitative estimate of drug-likeness (QED) is 0.878. The Kier molecular flexibility index (Phi) is 4.39. The summed E-state index contributed by atoms with van der Waals surface area (Å²) >= 11 is 0. The Morgan fingerprint density at radius 3 is 2.72 bits per heavy atom. The SMILES string of the molecule is CC(C)(C)NCC1CCCCC1c1cccnc1. The highest BCUT2D eigenvalue weighted by Gasteiger charge is 2.27. The molecule has 1 saturated carbocycles. The van der Waals surface area contributed by atoms with Crippen molar-refractivity contribution in [1.29, 1.82) is 0 Å². The molecule has 2 rings (SSSR count). The highest BCUT2D eigenvalue weighted by molar-refractivity contribution is 5.16. The van der Waals surface area contributed by atoms with Crippen molar-refractivity contribution in [2.45, 2.75) is 57.9 Å². The zero-order valence-corrected chi connectivity index (χ0v) is 11.9. The fourth-order valence-corrected chi connectivity index (χ4v) is 2.92. The first-order valence-electron chi connectivity index (χ1n) is 7.21. The van der Waals surface area contributed by atoms with Gasteiger partial charge in [0.05, 0.1) is 0 Å². The van der Waals surface area contributed by atoms with Gasteiger partial charge in [0.25, 0.3) is 0 Å².